The summed E-state index contributed by atoms with van der Waals surface area (Å²) >= 11 is 6.23. The number of hydrogen-bond donors (Lipinski definition) is 0. The van der Waals surface area contributed by atoms with Crippen LogP contribution in [0.25, 0.3) is 11.4 Å². The quantitative estimate of drug-likeness (QED) is 0.617. The lowest BCUT2D eigenvalue weighted by Crippen LogP contribution is -2.30. The summed E-state index contributed by atoms with van der Waals surface area (Å²) in [7, 11) is 3.10. The second-order valence-corrected chi connectivity index (χ2v) is 7.07. The number of amides is 1. The molecule has 3 aromatic rings. The van der Waals surface area contributed by atoms with Gasteiger partial charge in [-0.2, -0.15) is 4.98 Å². The average Bonchev–Trinajstić information content (AvgIpc) is 3.42. The zero-order valence-corrected chi connectivity index (χ0v) is 16.8. The fraction of sp³-hybridized carbons (Fsp3) is 0.286. The third kappa shape index (κ3) is 3.65. The van der Waals surface area contributed by atoms with Crippen LogP contribution in [-0.4, -0.2) is 41.7 Å². The molecule has 7 nitrogen and oxygen atoms in total. The summed E-state index contributed by atoms with van der Waals surface area (Å²) in [4.78, 5) is 19.4. The van der Waals surface area contributed by atoms with Crippen LogP contribution >= 0.6 is 11.6 Å². The van der Waals surface area contributed by atoms with Crippen LogP contribution in [-0.2, 0) is 0 Å². The lowest BCUT2D eigenvalue weighted by atomic mass is 10.1. The highest BCUT2D eigenvalue weighted by Gasteiger charge is 2.35. The Balaban J connectivity index is 1.60. The van der Waals surface area contributed by atoms with E-state index in [1.807, 2.05) is 18.2 Å². The van der Waals surface area contributed by atoms with Gasteiger partial charge in [0.1, 0.15) is 6.04 Å². The molecule has 0 aliphatic carbocycles. The van der Waals surface area contributed by atoms with Crippen molar-refractivity contribution >= 4 is 17.5 Å². The van der Waals surface area contributed by atoms with E-state index < -0.39 is 0 Å². The maximum absolute atomic E-state index is 13.1. The number of carbonyl (C=O) groups excluding carboxylic acids is 1. The van der Waals surface area contributed by atoms with Crippen LogP contribution in [0.15, 0.2) is 47.0 Å². The Morgan fingerprint density at radius 2 is 1.97 bits per heavy atom. The van der Waals surface area contributed by atoms with Crippen LogP contribution in [0.2, 0.25) is 5.02 Å². The Morgan fingerprint density at radius 1 is 1.17 bits per heavy atom. The van der Waals surface area contributed by atoms with E-state index in [2.05, 4.69) is 10.1 Å². The molecule has 0 bridgehead atoms. The van der Waals surface area contributed by atoms with Gasteiger partial charge in [0.25, 0.3) is 5.91 Å². The molecule has 1 aliphatic rings. The summed E-state index contributed by atoms with van der Waals surface area (Å²) in [5.74, 6) is 1.78. The first kappa shape index (κ1) is 19.3. The molecule has 0 N–H and O–H groups in total. The molecule has 1 saturated heterocycles. The predicted octanol–water partition coefficient (Wildman–Crippen LogP) is 4.38. The van der Waals surface area contributed by atoms with Crippen molar-refractivity contribution in [3.8, 4) is 22.9 Å². The standard InChI is InChI=1S/C21H20ClN3O4/c1-27-17-10-9-13(12-18(17)28-2)21(26)25-11-5-8-16(25)20-23-19(24-29-20)14-6-3-4-7-15(14)22/h3-4,6-7,9-10,12,16H,5,8,11H2,1-2H3. The highest BCUT2D eigenvalue weighted by atomic mass is 35.5. The SMILES string of the molecule is COc1ccc(C(=O)N2CCCC2c2nc(-c3ccccc3Cl)no2)cc1OC. The van der Waals surface area contributed by atoms with Gasteiger partial charge in [0, 0.05) is 17.7 Å². The van der Waals surface area contributed by atoms with E-state index in [0.717, 1.165) is 12.8 Å². The molecule has 0 saturated carbocycles. The normalized spacial score (nSPS) is 16.1. The molecule has 1 fully saturated rings. The molecule has 8 heteroatoms. The number of methoxy groups -OCH3 is 2. The van der Waals surface area contributed by atoms with E-state index in [1.54, 1.807) is 43.4 Å². The largest absolute Gasteiger partial charge is 0.493 e. The summed E-state index contributed by atoms with van der Waals surface area (Å²) in [5, 5.41) is 4.61. The zero-order chi connectivity index (χ0) is 20.4. The number of rotatable bonds is 5. The van der Waals surface area contributed by atoms with Gasteiger partial charge in [0.15, 0.2) is 11.5 Å². The molecule has 2 aromatic carbocycles. The molecular weight excluding hydrogens is 394 g/mol. The van der Waals surface area contributed by atoms with Crippen molar-refractivity contribution < 1.29 is 18.8 Å². The maximum atomic E-state index is 13.1. The molecule has 1 amide bonds. The van der Waals surface area contributed by atoms with Gasteiger partial charge in [0.05, 0.1) is 19.2 Å². The van der Waals surface area contributed by atoms with E-state index >= 15 is 0 Å². The Morgan fingerprint density at radius 3 is 2.72 bits per heavy atom. The zero-order valence-electron chi connectivity index (χ0n) is 16.1. The fourth-order valence-electron chi connectivity index (χ4n) is 3.52. The first-order valence-electron chi connectivity index (χ1n) is 9.24. The molecule has 0 radical (unpaired) electrons. The summed E-state index contributed by atoms with van der Waals surface area (Å²) in [6.45, 7) is 0.613. The Kier molecular flexibility index (Phi) is 5.40. The first-order valence-corrected chi connectivity index (χ1v) is 9.61. The molecule has 1 atom stereocenters. The molecular formula is C21H20ClN3O4. The smallest absolute Gasteiger partial charge is 0.254 e. The van der Waals surface area contributed by atoms with Crippen LogP contribution in [0.1, 0.15) is 35.1 Å². The van der Waals surface area contributed by atoms with Gasteiger partial charge in [-0.05, 0) is 43.2 Å². The van der Waals surface area contributed by atoms with Crippen molar-refractivity contribution in [1.29, 1.82) is 0 Å². The van der Waals surface area contributed by atoms with Crippen molar-refractivity contribution in [2.24, 2.45) is 0 Å². The minimum absolute atomic E-state index is 0.119. The van der Waals surface area contributed by atoms with Crippen molar-refractivity contribution in [1.82, 2.24) is 15.0 Å². The fourth-order valence-corrected chi connectivity index (χ4v) is 3.74. The topological polar surface area (TPSA) is 77.7 Å². The first-order chi connectivity index (χ1) is 14.1. The highest BCUT2D eigenvalue weighted by molar-refractivity contribution is 6.33. The van der Waals surface area contributed by atoms with E-state index in [-0.39, 0.29) is 11.9 Å². The minimum Gasteiger partial charge on any atom is -0.493 e. The van der Waals surface area contributed by atoms with Crippen LogP contribution in [0.5, 0.6) is 11.5 Å². The monoisotopic (exact) mass is 413 g/mol. The Hall–Kier alpha value is -3.06. The van der Waals surface area contributed by atoms with Crippen LogP contribution < -0.4 is 9.47 Å². The van der Waals surface area contributed by atoms with Crippen molar-refractivity contribution in [3.63, 3.8) is 0 Å². The molecule has 0 spiro atoms. The molecule has 1 unspecified atom stereocenters. The third-order valence-electron chi connectivity index (χ3n) is 4.99. The van der Waals surface area contributed by atoms with E-state index in [1.165, 1.54) is 0 Å². The number of hydrogen-bond acceptors (Lipinski definition) is 6. The molecule has 29 heavy (non-hydrogen) atoms. The number of aromatic nitrogens is 2. The Bertz CT molecular complexity index is 1040. The number of ether oxygens (including phenoxy) is 2. The van der Waals surface area contributed by atoms with Gasteiger partial charge in [-0.3, -0.25) is 4.79 Å². The van der Waals surface area contributed by atoms with E-state index in [4.69, 9.17) is 25.6 Å². The molecule has 1 aliphatic heterocycles. The molecule has 1 aromatic heterocycles. The second-order valence-electron chi connectivity index (χ2n) is 6.66. The third-order valence-corrected chi connectivity index (χ3v) is 5.32. The van der Waals surface area contributed by atoms with E-state index in [0.29, 0.717) is 45.9 Å². The number of halogens is 1. The summed E-state index contributed by atoms with van der Waals surface area (Å²) in [6, 6.07) is 12.2. The van der Waals surface area contributed by atoms with Gasteiger partial charge < -0.3 is 18.9 Å². The highest BCUT2D eigenvalue weighted by Crippen LogP contribution is 2.35. The van der Waals surface area contributed by atoms with Crippen LogP contribution in [0.3, 0.4) is 0 Å². The summed E-state index contributed by atoms with van der Waals surface area (Å²) in [6.07, 6.45) is 1.61. The second kappa shape index (κ2) is 8.13. The number of carbonyl (C=O) groups is 1. The van der Waals surface area contributed by atoms with Crippen molar-refractivity contribution in [2.45, 2.75) is 18.9 Å². The Labute approximate surface area is 173 Å². The lowest BCUT2D eigenvalue weighted by molar-refractivity contribution is 0.0709. The van der Waals surface area contributed by atoms with Gasteiger partial charge in [-0.15, -0.1) is 0 Å². The summed E-state index contributed by atoms with van der Waals surface area (Å²) < 4.78 is 16.1. The maximum Gasteiger partial charge on any atom is 0.254 e. The van der Waals surface area contributed by atoms with E-state index in [9.17, 15) is 4.79 Å². The average molecular weight is 414 g/mol. The van der Waals surface area contributed by atoms with Gasteiger partial charge in [-0.25, -0.2) is 0 Å². The van der Waals surface area contributed by atoms with Gasteiger partial charge >= 0.3 is 0 Å². The number of benzene rings is 2. The van der Waals surface area contributed by atoms with Gasteiger partial charge in [0.2, 0.25) is 11.7 Å². The molecule has 150 valence electrons. The number of nitrogens with zero attached hydrogens (tertiary/aromatic N) is 3. The molecule has 4 rings (SSSR count). The van der Waals surface area contributed by atoms with Crippen molar-refractivity contribution in [2.75, 3.05) is 20.8 Å². The van der Waals surface area contributed by atoms with Gasteiger partial charge in [-0.1, -0.05) is 28.9 Å². The summed E-state index contributed by atoms with van der Waals surface area (Å²) in [5.41, 5.74) is 1.21. The predicted molar refractivity (Wildman–Crippen MR) is 107 cm³/mol. The number of likely N-dealkylation sites (tertiary alicyclic amines) is 1. The van der Waals surface area contributed by atoms with Crippen molar-refractivity contribution in [3.05, 3.63) is 58.9 Å². The van der Waals surface area contributed by atoms with Crippen LogP contribution in [0.4, 0.5) is 0 Å². The minimum atomic E-state index is -0.278. The van der Waals surface area contributed by atoms with Crippen LogP contribution in [0, 0.1) is 0 Å². The molecule has 2 heterocycles. The lowest BCUT2D eigenvalue weighted by Gasteiger charge is -2.22.